The van der Waals surface area contributed by atoms with Crippen LogP contribution in [0.15, 0.2) is 30.3 Å². The van der Waals surface area contributed by atoms with Gasteiger partial charge >= 0.3 is 5.97 Å². The van der Waals surface area contributed by atoms with E-state index in [1.807, 2.05) is 20.8 Å². The van der Waals surface area contributed by atoms with Gasteiger partial charge in [-0.1, -0.05) is 0 Å². The van der Waals surface area contributed by atoms with Gasteiger partial charge < -0.3 is 15.0 Å². The summed E-state index contributed by atoms with van der Waals surface area (Å²) >= 11 is 0. The number of carbonyl (C=O) groups is 2. The van der Waals surface area contributed by atoms with Gasteiger partial charge in [0, 0.05) is 24.5 Å². The summed E-state index contributed by atoms with van der Waals surface area (Å²) in [5, 5.41) is 3.07. The van der Waals surface area contributed by atoms with Gasteiger partial charge in [-0.2, -0.15) is 0 Å². The first kappa shape index (κ1) is 19.4. The molecule has 2 rings (SSSR count). The monoisotopic (exact) mass is 356 g/mol. The number of aryl methyl sites for hydroxylation is 1. The second-order valence-corrected chi connectivity index (χ2v) is 5.62. The minimum atomic E-state index is -0.363. The molecule has 0 aliphatic carbocycles. The highest BCUT2D eigenvalue weighted by Gasteiger charge is 2.16. The van der Waals surface area contributed by atoms with Crippen molar-refractivity contribution in [1.82, 2.24) is 14.9 Å². The van der Waals surface area contributed by atoms with Gasteiger partial charge in [-0.15, -0.1) is 0 Å². The molecule has 1 aromatic carbocycles. The Hall–Kier alpha value is -2.96. The topological polar surface area (TPSA) is 84.4 Å². The maximum absolute atomic E-state index is 12.5. The molecule has 1 N–H and O–H groups in total. The zero-order valence-electron chi connectivity index (χ0n) is 15.6. The summed E-state index contributed by atoms with van der Waals surface area (Å²) < 4.78 is 4.96. The molecule has 0 radical (unpaired) electrons. The van der Waals surface area contributed by atoms with Crippen molar-refractivity contribution in [3.63, 3.8) is 0 Å². The Morgan fingerprint density at radius 1 is 1.08 bits per heavy atom. The van der Waals surface area contributed by atoms with E-state index >= 15 is 0 Å². The Balaban J connectivity index is 2.19. The second kappa shape index (κ2) is 8.94. The van der Waals surface area contributed by atoms with Crippen molar-refractivity contribution in [2.45, 2.75) is 27.7 Å². The molecule has 0 spiro atoms. The van der Waals surface area contributed by atoms with Crippen LogP contribution in [-0.4, -0.2) is 46.4 Å². The van der Waals surface area contributed by atoms with Crippen LogP contribution in [0.4, 0.5) is 11.6 Å². The molecule has 0 saturated carbocycles. The van der Waals surface area contributed by atoms with E-state index in [1.54, 1.807) is 42.2 Å². The summed E-state index contributed by atoms with van der Waals surface area (Å²) in [7, 11) is 0. The van der Waals surface area contributed by atoms with Crippen LogP contribution in [-0.2, 0) is 4.74 Å². The lowest BCUT2D eigenvalue weighted by Gasteiger charge is -2.18. The number of ether oxygens (including phenoxy) is 1. The molecular formula is C19H24N4O3. The summed E-state index contributed by atoms with van der Waals surface area (Å²) in [5.41, 5.74) is 2.23. The third-order valence-electron chi connectivity index (χ3n) is 3.78. The highest BCUT2D eigenvalue weighted by molar-refractivity contribution is 5.93. The fraction of sp³-hybridized carbons (Fsp3) is 0.368. The molecule has 7 nitrogen and oxygen atoms in total. The number of rotatable bonds is 7. The summed E-state index contributed by atoms with van der Waals surface area (Å²) in [6, 6.07) is 8.49. The summed E-state index contributed by atoms with van der Waals surface area (Å²) in [4.78, 5) is 34.6. The maximum atomic E-state index is 12.5. The molecule has 1 aromatic heterocycles. The highest BCUT2D eigenvalue weighted by atomic mass is 16.5. The Morgan fingerprint density at radius 3 is 2.31 bits per heavy atom. The molecule has 0 aliphatic heterocycles. The van der Waals surface area contributed by atoms with Crippen LogP contribution in [0.5, 0.6) is 0 Å². The summed E-state index contributed by atoms with van der Waals surface area (Å²) in [6.45, 7) is 9.02. The van der Waals surface area contributed by atoms with Gasteiger partial charge in [0.2, 0.25) is 5.95 Å². The van der Waals surface area contributed by atoms with Crippen molar-refractivity contribution in [2.75, 3.05) is 25.0 Å². The number of benzene rings is 1. The molecular weight excluding hydrogens is 332 g/mol. The number of aromatic nitrogens is 2. The normalized spacial score (nSPS) is 10.3. The largest absolute Gasteiger partial charge is 0.462 e. The number of esters is 1. The van der Waals surface area contributed by atoms with E-state index in [9.17, 15) is 9.59 Å². The van der Waals surface area contributed by atoms with E-state index in [1.165, 1.54) is 0 Å². The van der Waals surface area contributed by atoms with Crippen LogP contribution < -0.4 is 5.32 Å². The van der Waals surface area contributed by atoms with Crippen molar-refractivity contribution in [1.29, 1.82) is 0 Å². The number of nitrogens with zero attached hydrogens (tertiary/aromatic N) is 3. The molecule has 0 saturated heterocycles. The van der Waals surface area contributed by atoms with Crippen molar-refractivity contribution in [3.8, 4) is 0 Å². The molecule has 0 atom stereocenters. The number of anilines is 2. The second-order valence-electron chi connectivity index (χ2n) is 5.62. The smallest absolute Gasteiger partial charge is 0.338 e. The zero-order chi connectivity index (χ0) is 19.1. The van der Waals surface area contributed by atoms with Gasteiger partial charge in [0.15, 0.2) is 0 Å². The number of amides is 1. The van der Waals surface area contributed by atoms with E-state index in [4.69, 9.17) is 4.74 Å². The Bertz CT molecular complexity index is 771. The third-order valence-corrected chi connectivity index (χ3v) is 3.78. The minimum absolute atomic E-state index is 0.124. The van der Waals surface area contributed by atoms with Crippen LogP contribution in [0, 0.1) is 6.92 Å². The molecule has 0 unspecified atom stereocenters. The van der Waals surface area contributed by atoms with Crippen molar-refractivity contribution in [3.05, 3.63) is 47.3 Å². The standard InChI is InChI=1S/C19H24N4O3/c1-5-23(6-2)17(24)16-12-13(4)20-19(22-16)21-15-10-8-14(9-11-15)18(25)26-7-3/h8-12H,5-7H2,1-4H3,(H,20,21,22). The van der Waals surface area contributed by atoms with E-state index < -0.39 is 0 Å². The lowest BCUT2D eigenvalue weighted by atomic mass is 10.2. The molecule has 1 heterocycles. The molecule has 1 amide bonds. The van der Waals surface area contributed by atoms with E-state index in [0.717, 1.165) is 0 Å². The van der Waals surface area contributed by atoms with Crippen molar-refractivity contribution in [2.24, 2.45) is 0 Å². The average Bonchev–Trinajstić information content (AvgIpc) is 2.63. The average molecular weight is 356 g/mol. The minimum Gasteiger partial charge on any atom is -0.462 e. The quantitative estimate of drug-likeness (QED) is 0.767. The predicted molar refractivity (Wildman–Crippen MR) is 99.7 cm³/mol. The SMILES string of the molecule is CCOC(=O)c1ccc(Nc2nc(C)cc(C(=O)N(CC)CC)n2)cc1. The van der Waals surface area contributed by atoms with Crippen LogP contribution in [0.25, 0.3) is 0 Å². The third kappa shape index (κ3) is 4.78. The predicted octanol–water partition coefficient (Wildman–Crippen LogP) is 3.19. The fourth-order valence-electron chi connectivity index (χ4n) is 2.44. The van der Waals surface area contributed by atoms with Crippen LogP contribution in [0.2, 0.25) is 0 Å². The van der Waals surface area contributed by atoms with Crippen LogP contribution in [0.1, 0.15) is 47.3 Å². The first-order valence-electron chi connectivity index (χ1n) is 8.67. The van der Waals surface area contributed by atoms with Gasteiger partial charge in [-0.25, -0.2) is 14.8 Å². The van der Waals surface area contributed by atoms with Gasteiger partial charge in [0.25, 0.3) is 5.91 Å². The van der Waals surface area contributed by atoms with Gasteiger partial charge in [-0.3, -0.25) is 4.79 Å². The van der Waals surface area contributed by atoms with E-state index in [2.05, 4.69) is 15.3 Å². The van der Waals surface area contributed by atoms with Gasteiger partial charge in [-0.05, 0) is 58.0 Å². The first-order valence-corrected chi connectivity index (χ1v) is 8.67. The first-order chi connectivity index (χ1) is 12.5. The van der Waals surface area contributed by atoms with E-state index in [-0.39, 0.29) is 11.9 Å². The molecule has 0 aliphatic rings. The highest BCUT2D eigenvalue weighted by Crippen LogP contribution is 2.16. The molecule has 138 valence electrons. The number of nitrogens with one attached hydrogen (secondary N) is 1. The maximum Gasteiger partial charge on any atom is 0.338 e. The van der Waals surface area contributed by atoms with Crippen molar-refractivity contribution >= 4 is 23.5 Å². The van der Waals surface area contributed by atoms with Gasteiger partial charge in [0.05, 0.1) is 12.2 Å². The van der Waals surface area contributed by atoms with Crippen LogP contribution in [0.3, 0.4) is 0 Å². The Morgan fingerprint density at radius 2 is 1.73 bits per heavy atom. The molecule has 26 heavy (non-hydrogen) atoms. The lowest BCUT2D eigenvalue weighted by molar-refractivity contribution is 0.0526. The van der Waals surface area contributed by atoms with Crippen molar-refractivity contribution < 1.29 is 14.3 Å². The summed E-state index contributed by atoms with van der Waals surface area (Å²) in [5.74, 6) is -0.149. The lowest BCUT2D eigenvalue weighted by Crippen LogP contribution is -2.31. The molecule has 0 bridgehead atoms. The number of hydrogen-bond donors (Lipinski definition) is 1. The van der Waals surface area contributed by atoms with E-state index in [0.29, 0.717) is 48.3 Å². The molecule has 0 fully saturated rings. The Kier molecular flexibility index (Phi) is 6.66. The van der Waals surface area contributed by atoms with Gasteiger partial charge in [0.1, 0.15) is 5.69 Å². The number of hydrogen-bond acceptors (Lipinski definition) is 6. The zero-order valence-corrected chi connectivity index (χ0v) is 15.6. The van der Waals surface area contributed by atoms with Crippen LogP contribution >= 0.6 is 0 Å². The fourth-order valence-corrected chi connectivity index (χ4v) is 2.44. The molecule has 2 aromatic rings. The molecule has 7 heteroatoms. The number of carbonyl (C=O) groups excluding carboxylic acids is 2. The Labute approximate surface area is 153 Å². The summed E-state index contributed by atoms with van der Waals surface area (Å²) in [6.07, 6.45) is 0.